The topological polar surface area (TPSA) is 48.5 Å². The van der Waals surface area contributed by atoms with Gasteiger partial charge in [0, 0.05) is 44.8 Å². The zero-order valence-corrected chi connectivity index (χ0v) is 18.3. The van der Waals surface area contributed by atoms with Gasteiger partial charge in [-0.05, 0) is 37.6 Å². The van der Waals surface area contributed by atoms with Crippen LogP contribution in [-0.4, -0.2) is 55.1 Å². The molecule has 1 saturated heterocycles. The SMILES string of the molecule is Cc1ccc(C(=O)NCCN2CCN(c3nc4c(Cl)cccc4s3)CC2)c(C)c1. The average molecular weight is 429 g/mol. The second-order valence-corrected chi connectivity index (χ2v) is 8.90. The summed E-state index contributed by atoms with van der Waals surface area (Å²) in [4.78, 5) is 21.9. The van der Waals surface area contributed by atoms with Gasteiger partial charge in [-0.1, -0.05) is 46.7 Å². The van der Waals surface area contributed by atoms with Crippen LogP contribution in [0.5, 0.6) is 0 Å². The maximum Gasteiger partial charge on any atom is 0.251 e. The number of aryl methyl sites for hydroxylation is 2. The van der Waals surface area contributed by atoms with Crippen molar-refractivity contribution in [1.29, 1.82) is 0 Å². The minimum atomic E-state index is 0.00694. The van der Waals surface area contributed by atoms with Crippen LogP contribution in [0.15, 0.2) is 36.4 Å². The van der Waals surface area contributed by atoms with Gasteiger partial charge in [-0.15, -0.1) is 0 Å². The molecule has 1 aliphatic heterocycles. The first-order valence-corrected chi connectivity index (χ1v) is 11.1. The molecule has 3 aromatic rings. The highest BCUT2D eigenvalue weighted by Gasteiger charge is 2.20. The van der Waals surface area contributed by atoms with E-state index in [0.29, 0.717) is 11.6 Å². The summed E-state index contributed by atoms with van der Waals surface area (Å²) in [6.07, 6.45) is 0. The Hall–Kier alpha value is -2.15. The number of nitrogens with zero attached hydrogens (tertiary/aromatic N) is 3. The fourth-order valence-corrected chi connectivity index (χ4v) is 5.01. The summed E-state index contributed by atoms with van der Waals surface area (Å²) in [5.41, 5.74) is 3.85. The zero-order chi connectivity index (χ0) is 20.4. The molecule has 0 radical (unpaired) electrons. The highest BCUT2D eigenvalue weighted by Crippen LogP contribution is 2.33. The third kappa shape index (κ3) is 4.55. The molecule has 7 heteroatoms. The van der Waals surface area contributed by atoms with E-state index in [1.807, 2.05) is 44.2 Å². The van der Waals surface area contributed by atoms with Gasteiger partial charge in [-0.2, -0.15) is 0 Å². The Kier molecular flexibility index (Phi) is 6.04. The molecule has 0 saturated carbocycles. The van der Waals surface area contributed by atoms with Crippen molar-refractivity contribution in [3.8, 4) is 0 Å². The monoisotopic (exact) mass is 428 g/mol. The summed E-state index contributed by atoms with van der Waals surface area (Å²) in [6.45, 7) is 9.32. The fraction of sp³-hybridized carbons (Fsp3) is 0.364. The minimum Gasteiger partial charge on any atom is -0.351 e. The van der Waals surface area contributed by atoms with Crippen LogP contribution < -0.4 is 10.2 Å². The summed E-state index contributed by atoms with van der Waals surface area (Å²) in [5, 5.41) is 4.80. The van der Waals surface area contributed by atoms with E-state index in [4.69, 9.17) is 16.6 Å². The number of para-hydroxylation sites is 1. The smallest absolute Gasteiger partial charge is 0.251 e. The fourth-order valence-electron chi connectivity index (χ4n) is 3.69. The second-order valence-electron chi connectivity index (χ2n) is 7.49. The number of amides is 1. The maximum atomic E-state index is 12.4. The van der Waals surface area contributed by atoms with E-state index in [1.54, 1.807) is 11.3 Å². The Bertz CT molecular complexity index is 1030. The van der Waals surface area contributed by atoms with Crippen LogP contribution in [0.1, 0.15) is 21.5 Å². The molecule has 0 spiro atoms. The van der Waals surface area contributed by atoms with Crippen molar-refractivity contribution in [3.63, 3.8) is 0 Å². The zero-order valence-electron chi connectivity index (χ0n) is 16.7. The number of carbonyl (C=O) groups is 1. The Morgan fingerprint density at radius 1 is 1.17 bits per heavy atom. The average Bonchev–Trinajstić information content (AvgIpc) is 3.14. The van der Waals surface area contributed by atoms with Crippen LogP contribution in [0, 0.1) is 13.8 Å². The molecule has 0 atom stereocenters. The van der Waals surface area contributed by atoms with E-state index >= 15 is 0 Å². The molecule has 5 nitrogen and oxygen atoms in total. The second kappa shape index (κ2) is 8.69. The first-order valence-electron chi connectivity index (χ1n) is 9.89. The van der Waals surface area contributed by atoms with Crippen LogP contribution in [0.25, 0.3) is 10.2 Å². The Morgan fingerprint density at radius 2 is 1.97 bits per heavy atom. The van der Waals surface area contributed by atoms with Gasteiger partial charge in [0.2, 0.25) is 0 Å². The molecular weight excluding hydrogens is 404 g/mol. The van der Waals surface area contributed by atoms with E-state index in [1.165, 1.54) is 5.56 Å². The standard InChI is InChI=1S/C22H25ClN4OS/c1-15-6-7-17(16(2)14-15)21(28)24-8-9-26-10-12-27(13-11-26)22-25-20-18(23)4-3-5-19(20)29-22/h3-7,14H,8-13H2,1-2H3,(H,24,28). The lowest BCUT2D eigenvalue weighted by Crippen LogP contribution is -2.48. The number of benzene rings is 2. The van der Waals surface area contributed by atoms with E-state index in [0.717, 1.165) is 59.2 Å². The number of piperazine rings is 1. The summed E-state index contributed by atoms with van der Waals surface area (Å²) in [7, 11) is 0. The normalized spacial score (nSPS) is 15.1. The molecule has 4 rings (SSSR count). The van der Waals surface area contributed by atoms with E-state index < -0.39 is 0 Å². The molecule has 2 aromatic carbocycles. The summed E-state index contributed by atoms with van der Waals surface area (Å²) in [5.74, 6) is 0.00694. The van der Waals surface area contributed by atoms with Gasteiger partial charge in [0.25, 0.3) is 5.91 Å². The van der Waals surface area contributed by atoms with Gasteiger partial charge in [0.15, 0.2) is 5.13 Å². The third-order valence-corrected chi connectivity index (χ3v) is 6.73. The quantitative estimate of drug-likeness (QED) is 0.664. The van der Waals surface area contributed by atoms with Crippen molar-refractivity contribution in [3.05, 3.63) is 58.1 Å². The molecule has 1 aliphatic rings. The molecule has 2 heterocycles. The number of aromatic nitrogens is 1. The molecule has 1 amide bonds. The lowest BCUT2D eigenvalue weighted by atomic mass is 10.1. The summed E-state index contributed by atoms with van der Waals surface area (Å²) < 4.78 is 1.13. The third-order valence-electron chi connectivity index (χ3n) is 5.34. The molecule has 1 N–H and O–H groups in total. The molecule has 152 valence electrons. The van der Waals surface area contributed by atoms with Crippen molar-refractivity contribution < 1.29 is 4.79 Å². The van der Waals surface area contributed by atoms with Crippen molar-refractivity contribution >= 4 is 44.2 Å². The number of halogens is 1. The van der Waals surface area contributed by atoms with Gasteiger partial charge < -0.3 is 10.2 Å². The molecule has 0 aliphatic carbocycles. The van der Waals surface area contributed by atoms with Crippen LogP contribution >= 0.6 is 22.9 Å². The first-order chi connectivity index (χ1) is 14.0. The highest BCUT2D eigenvalue weighted by atomic mass is 35.5. The number of hydrogen-bond donors (Lipinski definition) is 1. The highest BCUT2D eigenvalue weighted by molar-refractivity contribution is 7.22. The van der Waals surface area contributed by atoms with Crippen molar-refractivity contribution in [1.82, 2.24) is 15.2 Å². The van der Waals surface area contributed by atoms with Crippen LogP contribution in [-0.2, 0) is 0 Å². The first kappa shape index (κ1) is 20.1. The molecule has 29 heavy (non-hydrogen) atoms. The molecule has 0 unspecified atom stereocenters. The Labute approximate surface area is 180 Å². The van der Waals surface area contributed by atoms with Gasteiger partial charge in [0.1, 0.15) is 5.52 Å². The summed E-state index contributed by atoms with van der Waals surface area (Å²) in [6, 6.07) is 11.9. The minimum absolute atomic E-state index is 0.00694. The number of fused-ring (bicyclic) bond motifs is 1. The number of rotatable bonds is 5. The van der Waals surface area contributed by atoms with Crippen molar-refractivity contribution in [2.24, 2.45) is 0 Å². The number of nitrogens with one attached hydrogen (secondary N) is 1. The number of hydrogen-bond acceptors (Lipinski definition) is 5. The van der Waals surface area contributed by atoms with E-state index in [9.17, 15) is 4.79 Å². The molecule has 1 aromatic heterocycles. The largest absolute Gasteiger partial charge is 0.351 e. The van der Waals surface area contributed by atoms with Crippen LogP contribution in [0.2, 0.25) is 5.02 Å². The predicted octanol–water partition coefficient (Wildman–Crippen LogP) is 4.12. The predicted molar refractivity (Wildman–Crippen MR) is 122 cm³/mol. The van der Waals surface area contributed by atoms with Gasteiger partial charge in [0.05, 0.1) is 9.72 Å². The van der Waals surface area contributed by atoms with Crippen LogP contribution in [0.3, 0.4) is 0 Å². The molecular formula is C22H25ClN4OS. The lowest BCUT2D eigenvalue weighted by Gasteiger charge is -2.34. The number of anilines is 1. The number of carbonyl (C=O) groups excluding carboxylic acids is 1. The van der Waals surface area contributed by atoms with Crippen molar-refractivity contribution in [2.45, 2.75) is 13.8 Å². The van der Waals surface area contributed by atoms with Gasteiger partial charge in [-0.25, -0.2) is 4.98 Å². The lowest BCUT2D eigenvalue weighted by molar-refractivity contribution is 0.0947. The van der Waals surface area contributed by atoms with Gasteiger partial charge >= 0.3 is 0 Å². The molecule has 0 bridgehead atoms. The Balaban J connectivity index is 1.26. The van der Waals surface area contributed by atoms with Crippen molar-refractivity contribution in [2.75, 3.05) is 44.2 Å². The van der Waals surface area contributed by atoms with Crippen LogP contribution in [0.4, 0.5) is 5.13 Å². The van der Waals surface area contributed by atoms with Gasteiger partial charge in [-0.3, -0.25) is 9.69 Å². The van der Waals surface area contributed by atoms with E-state index in [2.05, 4.69) is 21.2 Å². The maximum absolute atomic E-state index is 12.4. The molecule has 1 fully saturated rings. The summed E-state index contributed by atoms with van der Waals surface area (Å²) >= 11 is 7.96. The number of thiazole rings is 1. The van der Waals surface area contributed by atoms with E-state index in [-0.39, 0.29) is 5.91 Å². The Morgan fingerprint density at radius 3 is 2.69 bits per heavy atom.